The molecular formula is C14H17BrN2O2. The molecule has 0 amide bonds. The Balaban J connectivity index is 1.79. The molecule has 1 aromatic carbocycles. The zero-order chi connectivity index (χ0) is 13.5. The molecule has 0 saturated carbocycles. The van der Waals surface area contributed by atoms with E-state index in [4.69, 9.17) is 9.26 Å². The summed E-state index contributed by atoms with van der Waals surface area (Å²) in [5.74, 6) is 0.750. The van der Waals surface area contributed by atoms with Gasteiger partial charge < -0.3 is 14.6 Å². The van der Waals surface area contributed by atoms with Crippen LogP contribution in [0.2, 0.25) is 0 Å². The van der Waals surface area contributed by atoms with E-state index < -0.39 is 0 Å². The molecule has 19 heavy (non-hydrogen) atoms. The van der Waals surface area contributed by atoms with Gasteiger partial charge in [-0.25, -0.2) is 0 Å². The molecule has 2 aromatic rings. The average Bonchev–Trinajstić information content (AvgIpc) is 2.86. The van der Waals surface area contributed by atoms with Crippen molar-refractivity contribution in [1.82, 2.24) is 10.5 Å². The van der Waals surface area contributed by atoms with Gasteiger partial charge in [-0.1, -0.05) is 46.2 Å². The Hall–Kier alpha value is -1.17. The van der Waals surface area contributed by atoms with Gasteiger partial charge in [0.2, 0.25) is 0 Å². The number of nitrogens with one attached hydrogen (secondary N) is 1. The van der Waals surface area contributed by atoms with Crippen molar-refractivity contribution in [3.8, 4) is 0 Å². The van der Waals surface area contributed by atoms with Gasteiger partial charge in [0, 0.05) is 17.1 Å². The van der Waals surface area contributed by atoms with Gasteiger partial charge in [-0.2, -0.15) is 0 Å². The van der Waals surface area contributed by atoms with E-state index in [-0.39, 0.29) is 0 Å². The number of rotatable bonds is 7. The maximum Gasteiger partial charge on any atom is 0.162 e. The number of halogens is 1. The molecule has 0 spiro atoms. The van der Waals surface area contributed by atoms with Gasteiger partial charge in [0.05, 0.1) is 12.3 Å². The fourth-order valence-electron chi connectivity index (χ4n) is 1.64. The molecule has 0 saturated heterocycles. The predicted octanol–water partition coefficient (Wildman–Crippen LogP) is 3.26. The minimum atomic E-state index is 0.431. The van der Waals surface area contributed by atoms with Crippen molar-refractivity contribution in [2.24, 2.45) is 0 Å². The Kier molecular flexibility index (Phi) is 5.57. The highest BCUT2D eigenvalue weighted by Gasteiger charge is 2.05. The SMILES string of the molecule is CCNCc1cc(COCc2ccccc2Br)on1. The van der Waals surface area contributed by atoms with Crippen LogP contribution in [0.25, 0.3) is 0 Å². The van der Waals surface area contributed by atoms with E-state index in [9.17, 15) is 0 Å². The normalized spacial score (nSPS) is 10.8. The van der Waals surface area contributed by atoms with Crippen molar-refractivity contribution in [3.63, 3.8) is 0 Å². The largest absolute Gasteiger partial charge is 0.369 e. The monoisotopic (exact) mass is 324 g/mol. The zero-order valence-corrected chi connectivity index (χ0v) is 12.4. The topological polar surface area (TPSA) is 47.3 Å². The summed E-state index contributed by atoms with van der Waals surface area (Å²) in [6.45, 7) is 4.68. The first-order chi connectivity index (χ1) is 9.29. The van der Waals surface area contributed by atoms with Gasteiger partial charge in [0.15, 0.2) is 5.76 Å². The summed E-state index contributed by atoms with van der Waals surface area (Å²) in [4.78, 5) is 0. The fourth-order valence-corrected chi connectivity index (χ4v) is 2.04. The average molecular weight is 325 g/mol. The van der Waals surface area contributed by atoms with Crippen LogP contribution in [0, 0.1) is 0 Å². The Morgan fingerprint density at radius 3 is 2.95 bits per heavy atom. The van der Waals surface area contributed by atoms with Gasteiger partial charge in [0.25, 0.3) is 0 Å². The summed E-state index contributed by atoms with van der Waals surface area (Å²) in [6, 6.07) is 9.93. The summed E-state index contributed by atoms with van der Waals surface area (Å²) in [6.07, 6.45) is 0. The summed E-state index contributed by atoms with van der Waals surface area (Å²) in [5.41, 5.74) is 2.02. The Labute approximate surface area is 121 Å². The third kappa shape index (κ3) is 4.45. The zero-order valence-electron chi connectivity index (χ0n) is 10.9. The van der Waals surface area contributed by atoms with E-state index in [2.05, 4.69) is 33.3 Å². The van der Waals surface area contributed by atoms with E-state index in [0.717, 1.165) is 34.6 Å². The molecule has 0 aliphatic rings. The van der Waals surface area contributed by atoms with E-state index in [1.807, 2.05) is 30.3 Å². The van der Waals surface area contributed by atoms with Crippen LogP contribution < -0.4 is 5.32 Å². The minimum Gasteiger partial charge on any atom is -0.369 e. The maximum absolute atomic E-state index is 5.62. The number of benzene rings is 1. The first-order valence-electron chi connectivity index (χ1n) is 6.26. The predicted molar refractivity (Wildman–Crippen MR) is 76.5 cm³/mol. The van der Waals surface area contributed by atoms with Crippen LogP contribution in [0.4, 0.5) is 0 Å². The van der Waals surface area contributed by atoms with Crippen molar-refractivity contribution in [1.29, 1.82) is 0 Å². The highest BCUT2D eigenvalue weighted by molar-refractivity contribution is 9.10. The van der Waals surface area contributed by atoms with Crippen molar-refractivity contribution < 1.29 is 9.26 Å². The Morgan fingerprint density at radius 2 is 2.16 bits per heavy atom. The summed E-state index contributed by atoms with van der Waals surface area (Å²) < 4.78 is 11.9. The van der Waals surface area contributed by atoms with Gasteiger partial charge in [0.1, 0.15) is 6.61 Å². The molecule has 102 valence electrons. The molecule has 0 atom stereocenters. The van der Waals surface area contributed by atoms with E-state index >= 15 is 0 Å². The molecular weight excluding hydrogens is 308 g/mol. The van der Waals surface area contributed by atoms with Crippen LogP contribution in [0.15, 0.2) is 39.3 Å². The first-order valence-corrected chi connectivity index (χ1v) is 7.05. The van der Waals surface area contributed by atoms with Crippen LogP contribution in [-0.4, -0.2) is 11.7 Å². The lowest BCUT2D eigenvalue weighted by atomic mass is 10.2. The molecule has 1 heterocycles. The van der Waals surface area contributed by atoms with Crippen LogP contribution in [0.3, 0.4) is 0 Å². The van der Waals surface area contributed by atoms with Gasteiger partial charge in [-0.05, 0) is 18.2 Å². The van der Waals surface area contributed by atoms with E-state index in [1.54, 1.807) is 0 Å². The number of nitrogens with zero attached hydrogens (tertiary/aromatic N) is 1. The van der Waals surface area contributed by atoms with Crippen molar-refractivity contribution in [3.05, 3.63) is 51.8 Å². The van der Waals surface area contributed by atoms with E-state index in [1.165, 1.54) is 0 Å². The third-order valence-corrected chi connectivity index (χ3v) is 3.40. The molecule has 0 aliphatic carbocycles. The Bertz CT molecular complexity index is 514. The van der Waals surface area contributed by atoms with Gasteiger partial charge in [-0.15, -0.1) is 0 Å². The molecule has 0 bridgehead atoms. The van der Waals surface area contributed by atoms with Crippen LogP contribution in [0.5, 0.6) is 0 Å². The minimum absolute atomic E-state index is 0.431. The number of aromatic nitrogens is 1. The molecule has 0 unspecified atom stereocenters. The fraction of sp³-hybridized carbons (Fsp3) is 0.357. The summed E-state index contributed by atoms with van der Waals surface area (Å²) in [7, 11) is 0. The van der Waals surface area contributed by atoms with Crippen LogP contribution in [0.1, 0.15) is 23.9 Å². The molecule has 0 aliphatic heterocycles. The molecule has 5 heteroatoms. The molecule has 1 N–H and O–H groups in total. The highest BCUT2D eigenvalue weighted by atomic mass is 79.9. The lowest BCUT2D eigenvalue weighted by Crippen LogP contribution is -2.11. The lowest BCUT2D eigenvalue weighted by molar-refractivity contribution is 0.0879. The number of hydrogen-bond acceptors (Lipinski definition) is 4. The molecule has 1 aromatic heterocycles. The number of ether oxygens (including phenoxy) is 1. The smallest absolute Gasteiger partial charge is 0.162 e. The third-order valence-electron chi connectivity index (χ3n) is 2.62. The van der Waals surface area contributed by atoms with Crippen molar-refractivity contribution in [2.75, 3.05) is 6.54 Å². The lowest BCUT2D eigenvalue weighted by Gasteiger charge is -2.04. The van der Waals surface area contributed by atoms with Crippen LogP contribution in [-0.2, 0) is 24.5 Å². The number of hydrogen-bond donors (Lipinski definition) is 1. The molecule has 0 fully saturated rings. The highest BCUT2D eigenvalue weighted by Crippen LogP contribution is 2.17. The first kappa shape index (κ1) is 14.2. The van der Waals surface area contributed by atoms with Crippen molar-refractivity contribution >= 4 is 15.9 Å². The van der Waals surface area contributed by atoms with Crippen LogP contribution >= 0.6 is 15.9 Å². The van der Waals surface area contributed by atoms with Crippen molar-refractivity contribution in [2.45, 2.75) is 26.7 Å². The molecule has 0 radical (unpaired) electrons. The van der Waals surface area contributed by atoms with E-state index in [0.29, 0.717) is 13.2 Å². The maximum atomic E-state index is 5.62. The second-order valence-electron chi connectivity index (χ2n) is 4.15. The second kappa shape index (κ2) is 7.43. The molecule has 4 nitrogen and oxygen atoms in total. The quantitative estimate of drug-likeness (QED) is 0.849. The summed E-state index contributed by atoms with van der Waals surface area (Å²) >= 11 is 3.49. The standard InChI is InChI=1S/C14H17BrN2O2/c1-2-16-8-12-7-13(19-17-12)10-18-9-11-5-3-4-6-14(11)15/h3-7,16H,2,8-10H2,1H3. The van der Waals surface area contributed by atoms with Gasteiger partial charge in [-0.3, -0.25) is 0 Å². The summed E-state index contributed by atoms with van der Waals surface area (Å²) in [5, 5.41) is 7.17. The Morgan fingerprint density at radius 1 is 1.32 bits per heavy atom. The molecule has 2 rings (SSSR count). The van der Waals surface area contributed by atoms with Gasteiger partial charge >= 0.3 is 0 Å². The second-order valence-corrected chi connectivity index (χ2v) is 5.00.